The number of aliphatic hydroxyl groups is 3. The van der Waals surface area contributed by atoms with Crippen molar-refractivity contribution in [1.82, 2.24) is 0 Å². The number of halogens is 3. The quantitative estimate of drug-likeness (QED) is 0.437. The number of aliphatic hydroxyl groups excluding tert-OH is 3. The third kappa shape index (κ3) is 7.61. The molecule has 0 radical (unpaired) electrons. The van der Waals surface area contributed by atoms with Gasteiger partial charge >= 0.3 is 18.1 Å². The molecule has 11 heteroatoms. The predicted molar refractivity (Wildman–Crippen MR) is 91.4 cm³/mol. The van der Waals surface area contributed by atoms with Gasteiger partial charge in [-0.15, -0.1) is 0 Å². The molecule has 0 aromatic heterocycles. The molecule has 2 rings (SSSR count). The Bertz CT molecular complexity index is 657. The van der Waals surface area contributed by atoms with E-state index in [9.17, 15) is 22.8 Å². The monoisotopic (exact) mass is 424 g/mol. The van der Waals surface area contributed by atoms with Crippen molar-refractivity contribution in [1.29, 1.82) is 0 Å². The van der Waals surface area contributed by atoms with Gasteiger partial charge in [0.25, 0.3) is 0 Å². The Morgan fingerprint density at radius 3 is 2.00 bits per heavy atom. The summed E-state index contributed by atoms with van der Waals surface area (Å²) in [6.45, 7) is 3.04. The van der Waals surface area contributed by atoms with Crippen molar-refractivity contribution >= 4 is 11.9 Å². The van der Waals surface area contributed by atoms with Crippen LogP contribution >= 0.6 is 0 Å². The van der Waals surface area contributed by atoms with Gasteiger partial charge in [0, 0.05) is 0 Å². The Labute approximate surface area is 164 Å². The Kier molecular flexibility index (Phi) is 9.50. The molecular formula is C18H23F3O8. The lowest BCUT2D eigenvalue weighted by molar-refractivity contribution is -0.172. The van der Waals surface area contributed by atoms with E-state index in [0.29, 0.717) is 5.56 Å². The number of rotatable bonds is 7. The summed E-state index contributed by atoms with van der Waals surface area (Å²) in [6.07, 6.45) is -8.87. The minimum absolute atomic E-state index is 0.0610. The second-order valence-corrected chi connectivity index (χ2v) is 5.79. The highest BCUT2D eigenvalue weighted by atomic mass is 19.4. The summed E-state index contributed by atoms with van der Waals surface area (Å²) in [7, 11) is 0. The van der Waals surface area contributed by atoms with Crippen LogP contribution in [0.5, 0.6) is 0 Å². The maximum absolute atomic E-state index is 12.3. The van der Waals surface area contributed by atoms with E-state index in [2.05, 4.69) is 9.47 Å². The van der Waals surface area contributed by atoms with E-state index in [0.717, 1.165) is 12.1 Å². The van der Waals surface area contributed by atoms with Crippen LogP contribution in [-0.2, 0) is 30.0 Å². The van der Waals surface area contributed by atoms with Crippen LogP contribution in [0.15, 0.2) is 24.3 Å². The molecule has 1 aromatic rings. The largest absolute Gasteiger partial charge is 0.464 e. The molecule has 0 unspecified atom stereocenters. The van der Waals surface area contributed by atoms with Crippen molar-refractivity contribution in [3.63, 3.8) is 0 Å². The molecule has 4 atom stereocenters. The maximum Gasteiger partial charge on any atom is 0.416 e. The summed E-state index contributed by atoms with van der Waals surface area (Å²) in [4.78, 5) is 21.7. The molecule has 1 heterocycles. The molecule has 164 valence electrons. The molecule has 1 fully saturated rings. The zero-order chi connectivity index (χ0) is 22.2. The molecule has 3 N–H and O–H groups in total. The Hall–Kier alpha value is -2.21. The summed E-state index contributed by atoms with van der Waals surface area (Å²) in [5, 5.41) is 26.9. The van der Waals surface area contributed by atoms with Crippen molar-refractivity contribution < 1.29 is 52.3 Å². The average Bonchev–Trinajstić information content (AvgIpc) is 3.47. The minimum atomic E-state index is -4.33. The van der Waals surface area contributed by atoms with E-state index in [1.54, 1.807) is 19.9 Å². The summed E-state index contributed by atoms with van der Waals surface area (Å²) in [6, 6.07) is 4.98. The predicted octanol–water partition coefficient (Wildman–Crippen LogP) is 0.972. The smallest absolute Gasteiger partial charge is 0.416 e. The van der Waals surface area contributed by atoms with Crippen LogP contribution in [0, 0.1) is 0 Å². The van der Waals surface area contributed by atoms with Gasteiger partial charge in [-0.05, 0) is 31.5 Å². The first-order valence-electron chi connectivity index (χ1n) is 8.69. The van der Waals surface area contributed by atoms with E-state index in [-0.39, 0.29) is 25.9 Å². The van der Waals surface area contributed by atoms with Crippen LogP contribution in [0.3, 0.4) is 0 Å². The topological polar surface area (TPSA) is 126 Å². The molecule has 0 bridgehead atoms. The van der Waals surface area contributed by atoms with E-state index >= 15 is 0 Å². The van der Waals surface area contributed by atoms with Crippen LogP contribution in [-0.4, -0.2) is 65.4 Å². The number of epoxide rings is 1. The van der Waals surface area contributed by atoms with Gasteiger partial charge in [0.15, 0.2) is 12.2 Å². The number of alkyl halides is 3. The van der Waals surface area contributed by atoms with E-state index in [1.165, 1.54) is 6.07 Å². The van der Waals surface area contributed by atoms with E-state index < -0.39 is 42.0 Å². The summed E-state index contributed by atoms with van der Waals surface area (Å²) >= 11 is 0. The third-order valence-electron chi connectivity index (χ3n) is 3.66. The molecule has 29 heavy (non-hydrogen) atoms. The molecule has 0 saturated carbocycles. The molecule has 1 aliphatic heterocycles. The number of hydrogen-bond acceptors (Lipinski definition) is 8. The van der Waals surface area contributed by atoms with Gasteiger partial charge < -0.3 is 29.5 Å². The van der Waals surface area contributed by atoms with E-state index in [4.69, 9.17) is 20.1 Å². The van der Waals surface area contributed by atoms with Crippen LogP contribution in [0.2, 0.25) is 0 Å². The molecular weight excluding hydrogens is 401 g/mol. The van der Waals surface area contributed by atoms with Crippen molar-refractivity contribution in [2.75, 3.05) is 19.8 Å². The zero-order valence-electron chi connectivity index (χ0n) is 15.8. The standard InChI is InChI=1S/C10H9F3O2.C8H14O6/c11-10(12,13)7-3-1-2-6(4-7)9-8(5-14)15-9;1-3-13-7(11)5(9)6(10)8(12)14-4-2/h1-4,8-9,14H,5H2;5-6,9-10H,3-4H2,1-2H3/t8-,9+;5-,6-/m01/s1. The SMILES string of the molecule is CCOC(=O)[C@H](O)[C@@H](O)C(=O)OCC.OC[C@@H]1O[C@@H]1c1cccc(C(F)(F)F)c1. The van der Waals surface area contributed by atoms with Gasteiger partial charge in [-0.1, -0.05) is 12.1 Å². The summed E-state index contributed by atoms with van der Waals surface area (Å²) in [5.74, 6) is -2.10. The molecule has 1 aromatic carbocycles. The fraction of sp³-hybridized carbons (Fsp3) is 0.556. The Morgan fingerprint density at radius 1 is 1.10 bits per heavy atom. The molecule has 1 aliphatic rings. The van der Waals surface area contributed by atoms with Crippen molar-refractivity contribution in [3.05, 3.63) is 35.4 Å². The van der Waals surface area contributed by atoms with Crippen LogP contribution in [0.25, 0.3) is 0 Å². The van der Waals surface area contributed by atoms with E-state index in [1.807, 2.05) is 0 Å². The van der Waals surface area contributed by atoms with Gasteiger partial charge in [-0.25, -0.2) is 9.59 Å². The highest BCUT2D eigenvalue weighted by Gasteiger charge is 2.40. The fourth-order valence-corrected chi connectivity index (χ4v) is 2.18. The van der Waals surface area contributed by atoms with Crippen LogP contribution in [0.1, 0.15) is 31.1 Å². The first-order chi connectivity index (χ1) is 13.6. The number of carbonyl (C=O) groups is 2. The molecule has 1 saturated heterocycles. The summed E-state index contributed by atoms with van der Waals surface area (Å²) in [5.41, 5.74) is -0.226. The van der Waals surface area contributed by atoms with Gasteiger partial charge in [-0.2, -0.15) is 13.2 Å². The van der Waals surface area contributed by atoms with Crippen LogP contribution < -0.4 is 0 Å². The Morgan fingerprint density at radius 2 is 1.62 bits per heavy atom. The lowest BCUT2D eigenvalue weighted by atomic mass is 10.1. The Balaban J connectivity index is 0.000000291. The zero-order valence-corrected chi connectivity index (χ0v) is 15.8. The molecule has 0 aliphatic carbocycles. The van der Waals surface area contributed by atoms with Gasteiger partial charge in [-0.3, -0.25) is 0 Å². The summed E-state index contributed by atoms with van der Waals surface area (Å²) < 4.78 is 50.8. The highest BCUT2D eigenvalue weighted by molar-refractivity contribution is 5.85. The van der Waals surface area contributed by atoms with Crippen molar-refractivity contribution in [2.45, 2.75) is 44.4 Å². The number of esters is 2. The van der Waals surface area contributed by atoms with Crippen molar-refractivity contribution in [2.24, 2.45) is 0 Å². The van der Waals surface area contributed by atoms with Crippen molar-refractivity contribution in [3.8, 4) is 0 Å². The third-order valence-corrected chi connectivity index (χ3v) is 3.66. The highest BCUT2D eigenvalue weighted by Crippen LogP contribution is 2.40. The first-order valence-corrected chi connectivity index (χ1v) is 8.69. The first kappa shape index (κ1) is 24.8. The number of ether oxygens (including phenoxy) is 3. The van der Waals surface area contributed by atoms with Gasteiger partial charge in [0.1, 0.15) is 12.2 Å². The fourth-order valence-electron chi connectivity index (χ4n) is 2.18. The second kappa shape index (κ2) is 11.1. The molecule has 8 nitrogen and oxygen atoms in total. The molecule has 0 amide bonds. The lowest BCUT2D eigenvalue weighted by Crippen LogP contribution is -2.41. The maximum atomic E-state index is 12.3. The molecule has 0 spiro atoms. The minimum Gasteiger partial charge on any atom is -0.464 e. The van der Waals surface area contributed by atoms with Gasteiger partial charge in [0.05, 0.1) is 25.4 Å². The lowest BCUT2D eigenvalue weighted by Gasteiger charge is -2.14. The number of benzene rings is 1. The number of hydrogen-bond donors (Lipinski definition) is 3. The average molecular weight is 424 g/mol. The van der Waals surface area contributed by atoms with Gasteiger partial charge in [0.2, 0.25) is 0 Å². The second-order valence-electron chi connectivity index (χ2n) is 5.79. The normalized spacial score (nSPS) is 20.0. The van der Waals surface area contributed by atoms with Crippen LogP contribution in [0.4, 0.5) is 13.2 Å². The number of carbonyl (C=O) groups excluding carboxylic acids is 2.